The van der Waals surface area contributed by atoms with E-state index < -0.39 is 30.4 Å². The van der Waals surface area contributed by atoms with E-state index >= 15 is 0 Å². The molecule has 1 fully saturated rings. The number of nitrogens with zero attached hydrogens (tertiary/aromatic N) is 2. The van der Waals surface area contributed by atoms with Crippen LogP contribution >= 0.6 is 0 Å². The summed E-state index contributed by atoms with van der Waals surface area (Å²) in [5, 5.41) is 11.3. The summed E-state index contributed by atoms with van der Waals surface area (Å²) in [6, 6.07) is -1.73. The van der Waals surface area contributed by atoms with E-state index in [-0.39, 0.29) is 0 Å². The maximum atomic E-state index is 11.9. The Kier molecular flexibility index (Phi) is 6.23. The standard InChI is InChI=1S/C12H22N4O4/c1-2-3-15-4-6-16(7-5-15)12(20)14-9(11(18)19)8-10(13)17/h9H,2-8H2,1H3,(H2,13,17)(H,14,20)(H,18,19)/t9-/m0/s1. The molecule has 1 heterocycles. The highest BCUT2D eigenvalue weighted by Gasteiger charge is 2.26. The van der Waals surface area contributed by atoms with Gasteiger partial charge >= 0.3 is 12.0 Å². The van der Waals surface area contributed by atoms with E-state index in [0.29, 0.717) is 13.1 Å². The molecule has 0 saturated carbocycles. The molecule has 1 aliphatic heterocycles. The molecule has 8 nitrogen and oxygen atoms in total. The van der Waals surface area contributed by atoms with Crippen LogP contribution in [-0.4, -0.2) is 71.6 Å². The predicted octanol–water partition coefficient (Wildman–Crippen LogP) is -0.948. The second kappa shape index (κ2) is 7.68. The molecule has 1 rings (SSSR count). The number of hydrogen-bond donors (Lipinski definition) is 3. The number of carboxylic acids is 1. The minimum Gasteiger partial charge on any atom is -0.480 e. The second-order valence-corrected chi connectivity index (χ2v) is 4.84. The molecule has 1 aliphatic rings. The smallest absolute Gasteiger partial charge is 0.326 e. The van der Waals surface area contributed by atoms with E-state index in [4.69, 9.17) is 10.8 Å². The molecular weight excluding hydrogens is 264 g/mol. The summed E-state index contributed by atoms with van der Waals surface area (Å²) >= 11 is 0. The fourth-order valence-corrected chi connectivity index (χ4v) is 2.13. The second-order valence-electron chi connectivity index (χ2n) is 4.84. The average molecular weight is 286 g/mol. The van der Waals surface area contributed by atoms with Gasteiger partial charge in [0.15, 0.2) is 0 Å². The van der Waals surface area contributed by atoms with E-state index in [0.717, 1.165) is 26.1 Å². The maximum Gasteiger partial charge on any atom is 0.326 e. The van der Waals surface area contributed by atoms with Crippen molar-refractivity contribution in [3.05, 3.63) is 0 Å². The molecule has 0 spiro atoms. The zero-order chi connectivity index (χ0) is 15.1. The number of aliphatic carboxylic acids is 1. The first-order valence-electron chi connectivity index (χ1n) is 6.73. The molecule has 0 aliphatic carbocycles. The summed E-state index contributed by atoms with van der Waals surface area (Å²) < 4.78 is 0. The number of urea groups is 1. The minimum absolute atomic E-state index is 0.406. The Morgan fingerprint density at radius 3 is 2.30 bits per heavy atom. The van der Waals surface area contributed by atoms with Gasteiger partial charge in [-0.1, -0.05) is 6.92 Å². The number of carbonyl (C=O) groups is 3. The van der Waals surface area contributed by atoms with Crippen LogP contribution in [0.4, 0.5) is 4.79 Å². The highest BCUT2D eigenvalue weighted by Crippen LogP contribution is 2.04. The number of amides is 3. The van der Waals surface area contributed by atoms with Crippen molar-refractivity contribution in [3.63, 3.8) is 0 Å². The molecule has 8 heteroatoms. The molecule has 1 saturated heterocycles. The van der Waals surface area contributed by atoms with Crippen LogP contribution in [0.5, 0.6) is 0 Å². The van der Waals surface area contributed by atoms with Gasteiger partial charge < -0.3 is 21.1 Å². The number of hydrogen-bond acceptors (Lipinski definition) is 4. The lowest BCUT2D eigenvalue weighted by Gasteiger charge is -2.35. The van der Waals surface area contributed by atoms with Crippen molar-refractivity contribution in [1.29, 1.82) is 0 Å². The van der Waals surface area contributed by atoms with Crippen LogP contribution in [0.2, 0.25) is 0 Å². The van der Waals surface area contributed by atoms with Gasteiger partial charge in [-0.25, -0.2) is 9.59 Å². The predicted molar refractivity (Wildman–Crippen MR) is 72.1 cm³/mol. The summed E-state index contributed by atoms with van der Waals surface area (Å²) in [5.74, 6) is -2.02. The Morgan fingerprint density at radius 2 is 1.85 bits per heavy atom. The highest BCUT2D eigenvalue weighted by molar-refractivity contribution is 5.87. The number of rotatable bonds is 6. The molecule has 4 N–H and O–H groups in total. The summed E-state index contributed by atoms with van der Waals surface area (Å²) in [7, 11) is 0. The van der Waals surface area contributed by atoms with Gasteiger partial charge in [-0.3, -0.25) is 9.69 Å². The first-order valence-corrected chi connectivity index (χ1v) is 6.73. The van der Waals surface area contributed by atoms with E-state index in [9.17, 15) is 14.4 Å². The van der Waals surface area contributed by atoms with E-state index in [2.05, 4.69) is 17.1 Å². The maximum absolute atomic E-state index is 11.9. The minimum atomic E-state index is -1.27. The van der Waals surface area contributed by atoms with Gasteiger partial charge in [0.25, 0.3) is 0 Å². The molecule has 20 heavy (non-hydrogen) atoms. The number of nitrogens with two attached hydrogens (primary N) is 1. The molecule has 3 amide bonds. The van der Waals surface area contributed by atoms with Crippen LogP contribution in [0.3, 0.4) is 0 Å². The normalized spacial score (nSPS) is 17.6. The number of piperazine rings is 1. The van der Waals surface area contributed by atoms with Crippen molar-refractivity contribution in [2.45, 2.75) is 25.8 Å². The number of nitrogens with one attached hydrogen (secondary N) is 1. The molecule has 0 aromatic rings. The topological polar surface area (TPSA) is 116 Å². The molecular formula is C12H22N4O4. The van der Waals surface area contributed by atoms with Gasteiger partial charge in [-0.2, -0.15) is 0 Å². The highest BCUT2D eigenvalue weighted by atomic mass is 16.4. The fourth-order valence-electron chi connectivity index (χ4n) is 2.13. The van der Waals surface area contributed by atoms with Gasteiger partial charge in [0.2, 0.25) is 5.91 Å². The Hall–Kier alpha value is -1.83. The Labute approximate surface area is 117 Å². The third-order valence-electron chi connectivity index (χ3n) is 3.20. The molecule has 1 atom stereocenters. The lowest BCUT2D eigenvalue weighted by Crippen LogP contribution is -2.55. The lowest BCUT2D eigenvalue weighted by atomic mass is 10.2. The van der Waals surface area contributed by atoms with Crippen LogP contribution in [-0.2, 0) is 9.59 Å². The van der Waals surface area contributed by atoms with Crippen LogP contribution in [0.25, 0.3) is 0 Å². The third kappa shape index (κ3) is 5.04. The van der Waals surface area contributed by atoms with Crippen molar-refractivity contribution in [1.82, 2.24) is 15.1 Å². The first kappa shape index (κ1) is 16.2. The molecule has 0 bridgehead atoms. The molecule has 114 valence electrons. The van der Waals surface area contributed by atoms with Crippen LogP contribution in [0.1, 0.15) is 19.8 Å². The molecule has 0 aromatic heterocycles. The van der Waals surface area contributed by atoms with Crippen molar-refractivity contribution >= 4 is 17.9 Å². The van der Waals surface area contributed by atoms with Gasteiger partial charge in [0.05, 0.1) is 6.42 Å². The number of carbonyl (C=O) groups excluding carboxylic acids is 2. The van der Waals surface area contributed by atoms with Crippen LogP contribution < -0.4 is 11.1 Å². The summed E-state index contributed by atoms with van der Waals surface area (Å²) in [4.78, 5) is 37.5. The zero-order valence-electron chi connectivity index (χ0n) is 11.7. The summed E-state index contributed by atoms with van der Waals surface area (Å²) in [6.45, 7) is 5.74. The Morgan fingerprint density at radius 1 is 1.25 bits per heavy atom. The average Bonchev–Trinajstić information content (AvgIpc) is 2.38. The van der Waals surface area contributed by atoms with Gasteiger partial charge in [-0.15, -0.1) is 0 Å². The van der Waals surface area contributed by atoms with Crippen LogP contribution in [0, 0.1) is 0 Å². The Bertz CT molecular complexity index is 366. The van der Waals surface area contributed by atoms with E-state index in [1.807, 2.05) is 0 Å². The zero-order valence-corrected chi connectivity index (χ0v) is 11.7. The quantitative estimate of drug-likeness (QED) is 0.582. The SMILES string of the molecule is CCCN1CCN(C(=O)N[C@@H](CC(N)=O)C(=O)O)CC1. The third-order valence-corrected chi connectivity index (χ3v) is 3.20. The largest absolute Gasteiger partial charge is 0.480 e. The van der Waals surface area contributed by atoms with E-state index in [1.165, 1.54) is 0 Å². The summed E-state index contributed by atoms with van der Waals surface area (Å²) in [6.07, 6.45) is 0.656. The number of primary amides is 1. The lowest BCUT2D eigenvalue weighted by molar-refractivity contribution is -0.141. The van der Waals surface area contributed by atoms with Gasteiger partial charge in [0.1, 0.15) is 6.04 Å². The van der Waals surface area contributed by atoms with Crippen molar-refractivity contribution < 1.29 is 19.5 Å². The van der Waals surface area contributed by atoms with Crippen molar-refractivity contribution in [2.24, 2.45) is 5.73 Å². The van der Waals surface area contributed by atoms with Crippen LogP contribution in [0.15, 0.2) is 0 Å². The van der Waals surface area contributed by atoms with Crippen molar-refractivity contribution in [3.8, 4) is 0 Å². The van der Waals surface area contributed by atoms with E-state index in [1.54, 1.807) is 4.90 Å². The first-order chi connectivity index (χ1) is 9.43. The van der Waals surface area contributed by atoms with Gasteiger partial charge in [0, 0.05) is 26.2 Å². The fraction of sp³-hybridized carbons (Fsp3) is 0.750. The molecule has 0 radical (unpaired) electrons. The van der Waals surface area contributed by atoms with Crippen molar-refractivity contribution in [2.75, 3.05) is 32.7 Å². The molecule has 0 aromatic carbocycles. The molecule has 0 unspecified atom stereocenters. The Balaban J connectivity index is 2.45. The summed E-state index contributed by atoms with van der Waals surface area (Å²) in [5.41, 5.74) is 4.96. The number of carboxylic acid groups (broad SMARTS) is 1. The monoisotopic (exact) mass is 286 g/mol. The van der Waals surface area contributed by atoms with Gasteiger partial charge in [-0.05, 0) is 13.0 Å².